The van der Waals surface area contributed by atoms with E-state index in [0.29, 0.717) is 4.90 Å². The first-order chi connectivity index (χ1) is 7.54. The van der Waals surface area contributed by atoms with E-state index >= 15 is 0 Å². The van der Waals surface area contributed by atoms with E-state index in [2.05, 4.69) is 0 Å². The summed E-state index contributed by atoms with van der Waals surface area (Å²) in [5, 5.41) is 17.4. The number of hydrogen-bond donors (Lipinski definition) is 2. The largest absolute Gasteiger partial charge is 0.496 e. The van der Waals surface area contributed by atoms with Crippen LogP contribution in [0.25, 0.3) is 0 Å². The van der Waals surface area contributed by atoms with Gasteiger partial charge in [-0.3, -0.25) is 4.79 Å². The third-order valence-corrected chi connectivity index (χ3v) is 2.74. The van der Waals surface area contributed by atoms with Crippen molar-refractivity contribution in [3.05, 3.63) is 23.8 Å². The highest BCUT2D eigenvalue weighted by molar-refractivity contribution is 8.00. The van der Waals surface area contributed by atoms with Gasteiger partial charge in [0, 0.05) is 4.90 Å². The molecule has 0 aliphatic carbocycles. The average Bonchev–Trinajstić information content (AvgIpc) is 2.25. The Morgan fingerprint density at radius 1 is 1.38 bits per heavy atom. The number of rotatable bonds is 5. The Morgan fingerprint density at radius 2 is 2.06 bits per heavy atom. The Hall–Kier alpha value is -1.69. The first kappa shape index (κ1) is 12.4. The van der Waals surface area contributed by atoms with Crippen molar-refractivity contribution < 1.29 is 24.5 Å². The summed E-state index contributed by atoms with van der Waals surface area (Å²) >= 11 is 1.06. The Labute approximate surface area is 96.0 Å². The van der Waals surface area contributed by atoms with Crippen molar-refractivity contribution in [2.45, 2.75) is 4.90 Å². The molecule has 0 amide bonds. The van der Waals surface area contributed by atoms with Crippen molar-refractivity contribution in [1.82, 2.24) is 0 Å². The number of aromatic carboxylic acids is 1. The van der Waals surface area contributed by atoms with Gasteiger partial charge >= 0.3 is 11.9 Å². The summed E-state index contributed by atoms with van der Waals surface area (Å²) in [5.74, 6) is -1.90. The third-order valence-electron chi connectivity index (χ3n) is 1.76. The Morgan fingerprint density at radius 3 is 2.56 bits per heavy atom. The Balaban J connectivity index is 2.93. The van der Waals surface area contributed by atoms with Gasteiger partial charge < -0.3 is 14.9 Å². The molecule has 0 aliphatic rings. The molecule has 1 aromatic rings. The predicted octanol–water partition coefficient (Wildman–Crippen LogP) is 1.57. The number of carbonyl (C=O) groups is 2. The van der Waals surface area contributed by atoms with Crippen LogP contribution in [-0.4, -0.2) is 35.0 Å². The van der Waals surface area contributed by atoms with Crippen LogP contribution in [0.4, 0.5) is 0 Å². The lowest BCUT2D eigenvalue weighted by molar-refractivity contribution is -0.133. The maximum Gasteiger partial charge on any atom is 0.339 e. The molecule has 1 rings (SSSR count). The van der Waals surface area contributed by atoms with Crippen LogP contribution in [0.5, 0.6) is 5.75 Å². The number of aliphatic carboxylic acids is 1. The number of carboxylic acid groups (broad SMARTS) is 2. The highest BCUT2D eigenvalue weighted by atomic mass is 32.2. The molecule has 5 nitrogen and oxygen atoms in total. The van der Waals surface area contributed by atoms with E-state index in [1.165, 1.54) is 19.2 Å². The first-order valence-corrected chi connectivity index (χ1v) is 5.29. The van der Waals surface area contributed by atoms with Crippen LogP contribution in [0.15, 0.2) is 23.1 Å². The molecule has 0 spiro atoms. The van der Waals surface area contributed by atoms with Crippen LogP contribution >= 0.6 is 11.8 Å². The van der Waals surface area contributed by atoms with Crippen molar-refractivity contribution in [2.75, 3.05) is 12.9 Å². The molecule has 0 unspecified atom stereocenters. The van der Waals surface area contributed by atoms with Crippen LogP contribution in [0, 0.1) is 0 Å². The lowest BCUT2D eigenvalue weighted by Gasteiger charge is -2.06. The van der Waals surface area contributed by atoms with Crippen LogP contribution in [0.1, 0.15) is 10.4 Å². The first-order valence-electron chi connectivity index (χ1n) is 4.30. The summed E-state index contributed by atoms with van der Waals surface area (Å²) in [6.07, 6.45) is 0. The minimum Gasteiger partial charge on any atom is -0.496 e. The van der Waals surface area contributed by atoms with E-state index in [1.54, 1.807) is 6.07 Å². The van der Waals surface area contributed by atoms with Gasteiger partial charge in [0.15, 0.2) is 0 Å². The molecule has 2 N–H and O–H groups in total. The van der Waals surface area contributed by atoms with Crippen molar-refractivity contribution in [3.8, 4) is 5.75 Å². The fourth-order valence-corrected chi connectivity index (χ4v) is 1.74. The second-order valence-corrected chi connectivity index (χ2v) is 3.90. The summed E-state index contributed by atoms with van der Waals surface area (Å²) < 4.78 is 4.88. The molecule has 0 fully saturated rings. The van der Waals surface area contributed by atoms with Crippen molar-refractivity contribution in [2.24, 2.45) is 0 Å². The average molecular weight is 242 g/mol. The molecular weight excluding hydrogens is 232 g/mol. The van der Waals surface area contributed by atoms with Crippen LogP contribution in [0.2, 0.25) is 0 Å². The summed E-state index contributed by atoms with van der Waals surface area (Å²) in [6, 6.07) is 4.53. The molecule has 1 aromatic carbocycles. The normalized spacial score (nSPS) is 9.81. The topological polar surface area (TPSA) is 83.8 Å². The van der Waals surface area contributed by atoms with Gasteiger partial charge in [-0.05, 0) is 18.2 Å². The third kappa shape index (κ3) is 3.16. The lowest BCUT2D eigenvalue weighted by Crippen LogP contribution is -2.01. The lowest BCUT2D eigenvalue weighted by atomic mass is 10.2. The molecule has 0 radical (unpaired) electrons. The predicted molar refractivity (Wildman–Crippen MR) is 58.3 cm³/mol. The van der Waals surface area contributed by atoms with Gasteiger partial charge in [0.2, 0.25) is 0 Å². The van der Waals surface area contributed by atoms with E-state index in [4.69, 9.17) is 14.9 Å². The molecule has 0 atom stereocenters. The van der Waals surface area contributed by atoms with Crippen LogP contribution < -0.4 is 4.74 Å². The number of thioether (sulfide) groups is 1. The van der Waals surface area contributed by atoms with Gasteiger partial charge in [0.05, 0.1) is 12.9 Å². The number of carboxylic acids is 2. The number of benzene rings is 1. The number of hydrogen-bond acceptors (Lipinski definition) is 4. The fraction of sp³-hybridized carbons (Fsp3) is 0.200. The molecule has 0 aromatic heterocycles. The smallest absolute Gasteiger partial charge is 0.339 e. The Bertz CT molecular complexity index is 416. The van der Waals surface area contributed by atoms with Gasteiger partial charge in [-0.1, -0.05) is 0 Å². The summed E-state index contributed by atoms with van der Waals surface area (Å²) in [5.41, 5.74) is 0.0258. The van der Waals surface area contributed by atoms with Crippen LogP contribution in [0.3, 0.4) is 0 Å². The fourth-order valence-electron chi connectivity index (χ4n) is 1.09. The molecule has 86 valence electrons. The molecule has 0 saturated heterocycles. The zero-order chi connectivity index (χ0) is 12.1. The van der Waals surface area contributed by atoms with Gasteiger partial charge in [-0.2, -0.15) is 0 Å². The zero-order valence-corrected chi connectivity index (χ0v) is 9.28. The number of methoxy groups -OCH3 is 1. The molecule has 6 heteroatoms. The second kappa shape index (κ2) is 5.41. The van der Waals surface area contributed by atoms with E-state index in [1.807, 2.05) is 0 Å². The summed E-state index contributed by atoms with van der Waals surface area (Å²) in [7, 11) is 1.38. The molecule has 0 heterocycles. The SMILES string of the molecule is COc1ccc(SCC(=O)O)cc1C(=O)O. The van der Waals surface area contributed by atoms with Gasteiger partial charge in [0.1, 0.15) is 11.3 Å². The number of ether oxygens (including phenoxy) is 1. The van der Waals surface area contributed by atoms with Gasteiger partial charge in [-0.15, -0.1) is 11.8 Å². The summed E-state index contributed by atoms with van der Waals surface area (Å²) in [4.78, 5) is 21.8. The van der Waals surface area contributed by atoms with E-state index in [-0.39, 0.29) is 17.1 Å². The van der Waals surface area contributed by atoms with Crippen LogP contribution in [-0.2, 0) is 4.79 Å². The minimum absolute atomic E-state index is 0.0258. The maximum absolute atomic E-state index is 10.9. The second-order valence-electron chi connectivity index (χ2n) is 2.85. The van der Waals surface area contributed by atoms with Gasteiger partial charge in [0.25, 0.3) is 0 Å². The van der Waals surface area contributed by atoms with E-state index in [0.717, 1.165) is 11.8 Å². The highest BCUT2D eigenvalue weighted by Gasteiger charge is 2.12. The molecule has 0 aliphatic heterocycles. The molecule has 0 bridgehead atoms. The molecule has 16 heavy (non-hydrogen) atoms. The van der Waals surface area contributed by atoms with Crippen molar-refractivity contribution in [3.63, 3.8) is 0 Å². The van der Waals surface area contributed by atoms with Crippen molar-refractivity contribution >= 4 is 23.7 Å². The highest BCUT2D eigenvalue weighted by Crippen LogP contribution is 2.25. The standard InChI is InChI=1S/C10H10O5S/c1-15-8-3-2-6(16-5-9(11)12)4-7(8)10(13)14/h2-4H,5H2,1H3,(H,11,12)(H,13,14). The zero-order valence-electron chi connectivity index (χ0n) is 8.47. The van der Waals surface area contributed by atoms with E-state index < -0.39 is 11.9 Å². The van der Waals surface area contributed by atoms with E-state index in [9.17, 15) is 9.59 Å². The monoisotopic (exact) mass is 242 g/mol. The molecular formula is C10H10O5S. The summed E-state index contributed by atoms with van der Waals surface area (Å²) in [6.45, 7) is 0. The Kier molecular flexibility index (Phi) is 4.19. The minimum atomic E-state index is -1.10. The quantitative estimate of drug-likeness (QED) is 0.762. The molecule has 0 saturated carbocycles. The van der Waals surface area contributed by atoms with Crippen molar-refractivity contribution in [1.29, 1.82) is 0 Å². The van der Waals surface area contributed by atoms with Gasteiger partial charge in [-0.25, -0.2) is 4.79 Å². The maximum atomic E-state index is 10.9.